The predicted octanol–water partition coefficient (Wildman–Crippen LogP) is 3.25. The van der Waals surface area contributed by atoms with Crippen molar-refractivity contribution in [3.63, 3.8) is 0 Å². The van der Waals surface area contributed by atoms with Crippen molar-refractivity contribution in [2.75, 3.05) is 0 Å². The zero-order valence-corrected chi connectivity index (χ0v) is 8.39. The lowest BCUT2D eigenvalue weighted by Gasteiger charge is -1.99. The highest BCUT2D eigenvalue weighted by atomic mass is 35.5. The molecule has 0 bridgehead atoms. The summed E-state index contributed by atoms with van der Waals surface area (Å²) >= 11 is 11.6. The van der Waals surface area contributed by atoms with Gasteiger partial charge in [-0.05, 0) is 25.1 Å². The molecule has 0 atom stereocenters. The Morgan fingerprint density at radius 1 is 1.15 bits per heavy atom. The normalized spacial score (nSPS) is 10.7. The molecule has 0 aliphatic carbocycles. The second-order valence-corrected chi connectivity index (χ2v) is 3.53. The van der Waals surface area contributed by atoms with Gasteiger partial charge in [0.05, 0.1) is 5.02 Å². The minimum absolute atomic E-state index is 0.298. The molecule has 13 heavy (non-hydrogen) atoms. The summed E-state index contributed by atoms with van der Waals surface area (Å²) in [6, 6.07) is 5.60. The van der Waals surface area contributed by atoms with Crippen LogP contribution in [-0.4, -0.2) is 9.97 Å². The summed E-state index contributed by atoms with van der Waals surface area (Å²) in [5, 5.41) is 1.66. The highest BCUT2D eigenvalue weighted by molar-refractivity contribution is 6.41. The summed E-state index contributed by atoms with van der Waals surface area (Å²) in [7, 11) is 0. The van der Waals surface area contributed by atoms with E-state index in [0.29, 0.717) is 15.8 Å². The molecule has 0 N–H and O–H groups in total. The number of nitrogens with zero attached hydrogens (tertiary/aromatic N) is 2. The van der Waals surface area contributed by atoms with E-state index in [1.165, 1.54) is 0 Å². The number of rotatable bonds is 0. The lowest BCUT2D eigenvalue weighted by Crippen LogP contribution is -1.87. The maximum absolute atomic E-state index is 5.81. The molecule has 0 radical (unpaired) electrons. The molecule has 0 unspecified atom stereocenters. The van der Waals surface area contributed by atoms with Crippen molar-refractivity contribution in [2.45, 2.75) is 6.92 Å². The van der Waals surface area contributed by atoms with Gasteiger partial charge in [-0.2, -0.15) is 0 Å². The van der Waals surface area contributed by atoms with Gasteiger partial charge in [0.2, 0.25) is 0 Å². The molecule has 0 amide bonds. The summed E-state index contributed by atoms with van der Waals surface area (Å²) in [6.45, 7) is 1.91. The van der Waals surface area contributed by atoms with Crippen LogP contribution < -0.4 is 0 Å². The van der Waals surface area contributed by atoms with E-state index in [1.807, 2.05) is 19.1 Å². The molecule has 2 heterocycles. The van der Waals surface area contributed by atoms with Crippen molar-refractivity contribution in [3.05, 3.63) is 34.1 Å². The average molecular weight is 213 g/mol. The topological polar surface area (TPSA) is 25.8 Å². The first-order chi connectivity index (χ1) is 6.16. The van der Waals surface area contributed by atoms with Gasteiger partial charge < -0.3 is 0 Å². The van der Waals surface area contributed by atoms with Gasteiger partial charge in [0.25, 0.3) is 0 Å². The Morgan fingerprint density at radius 2 is 1.92 bits per heavy atom. The van der Waals surface area contributed by atoms with E-state index < -0.39 is 0 Å². The highest BCUT2D eigenvalue weighted by Gasteiger charge is 2.02. The standard InChI is InChI=1S/C9H6Cl2N2/c1-5-2-3-6-4-7(10)8(11)13-9(6)12-5/h2-4H,1H3. The molecular formula is C9H6Cl2N2. The molecular weight excluding hydrogens is 207 g/mol. The Kier molecular flexibility index (Phi) is 2.10. The van der Waals surface area contributed by atoms with Crippen LogP contribution in [0.5, 0.6) is 0 Å². The largest absolute Gasteiger partial charge is 0.233 e. The summed E-state index contributed by atoms with van der Waals surface area (Å²) in [6.07, 6.45) is 0. The van der Waals surface area contributed by atoms with Crippen LogP contribution in [0.25, 0.3) is 11.0 Å². The number of hydrogen-bond donors (Lipinski definition) is 0. The number of aryl methyl sites for hydroxylation is 1. The minimum Gasteiger partial charge on any atom is -0.233 e. The lowest BCUT2D eigenvalue weighted by atomic mass is 10.2. The van der Waals surface area contributed by atoms with Gasteiger partial charge in [-0.15, -0.1) is 0 Å². The van der Waals surface area contributed by atoms with Gasteiger partial charge in [-0.25, -0.2) is 9.97 Å². The average Bonchev–Trinajstić information content (AvgIpc) is 2.08. The van der Waals surface area contributed by atoms with Crippen LogP contribution in [0.3, 0.4) is 0 Å². The molecule has 2 nitrogen and oxygen atoms in total. The molecule has 0 aliphatic rings. The molecule has 0 spiro atoms. The molecule has 0 aromatic carbocycles. The monoisotopic (exact) mass is 212 g/mol. The minimum atomic E-state index is 0.298. The Balaban J connectivity index is 2.81. The van der Waals surface area contributed by atoms with Crippen LogP contribution >= 0.6 is 23.2 Å². The fourth-order valence-corrected chi connectivity index (χ4v) is 1.39. The SMILES string of the molecule is Cc1ccc2cc(Cl)c(Cl)nc2n1. The van der Waals surface area contributed by atoms with Gasteiger partial charge in [-0.3, -0.25) is 0 Å². The maximum Gasteiger partial charge on any atom is 0.161 e. The number of halogens is 2. The van der Waals surface area contributed by atoms with Gasteiger partial charge in [-0.1, -0.05) is 23.2 Å². The van der Waals surface area contributed by atoms with Crippen molar-refractivity contribution in [1.29, 1.82) is 0 Å². The molecule has 2 aromatic rings. The summed E-state index contributed by atoms with van der Waals surface area (Å²) in [5.41, 5.74) is 1.55. The quantitative estimate of drug-likeness (QED) is 0.627. The van der Waals surface area contributed by atoms with Crippen molar-refractivity contribution < 1.29 is 0 Å². The Bertz CT molecular complexity index is 468. The third kappa shape index (κ3) is 1.60. The number of aromatic nitrogens is 2. The zero-order valence-electron chi connectivity index (χ0n) is 6.88. The van der Waals surface area contributed by atoms with E-state index >= 15 is 0 Å². The molecule has 0 saturated carbocycles. The van der Waals surface area contributed by atoms with Crippen molar-refractivity contribution in [1.82, 2.24) is 9.97 Å². The Labute approximate surface area is 85.5 Å². The first-order valence-electron chi connectivity index (χ1n) is 3.76. The Morgan fingerprint density at radius 3 is 2.69 bits per heavy atom. The molecule has 4 heteroatoms. The summed E-state index contributed by atoms with van der Waals surface area (Å²) in [5.74, 6) is 0. The fourth-order valence-electron chi connectivity index (χ4n) is 1.10. The van der Waals surface area contributed by atoms with Crippen LogP contribution in [0.4, 0.5) is 0 Å². The van der Waals surface area contributed by atoms with Gasteiger partial charge >= 0.3 is 0 Å². The van der Waals surface area contributed by atoms with Crippen molar-refractivity contribution in [3.8, 4) is 0 Å². The van der Waals surface area contributed by atoms with Crippen LogP contribution in [0.2, 0.25) is 10.2 Å². The van der Waals surface area contributed by atoms with E-state index in [2.05, 4.69) is 9.97 Å². The first-order valence-corrected chi connectivity index (χ1v) is 4.52. The van der Waals surface area contributed by atoms with Crippen LogP contribution in [0, 0.1) is 6.92 Å². The molecule has 2 rings (SSSR count). The van der Waals surface area contributed by atoms with E-state index in [-0.39, 0.29) is 0 Å². The number of fused-ring (bicyclic) bond motifs is 1. The summed E-state index contributed by atoms with van der Waals surface area (Å²) in [4.78, 5) is 8.28. The van der Waals surface area contributed by atoms with Gasteiger partial charge in [0.1, 0.15) is 5.15 Å². The van der Waals surface area contributed by atoms with E-state index in [4.69, 9.17) is 23.2 Å². The molecule has 66 valence electrons. The molecule has 0 saturated heterocycles. The van der Waals surface area contributed by atoms with Crippen molar-refractivity contribution >= 4 is 34.2 Å². The van der Waals surface area contributed by atoms with Crippen LogP contribution in [0.15, 0.2) is 18.2 Å². The van der Waals surface area contributed by atoms with Crippen LogP contribution in [-0.2, 0) is 0 Å². The second kappa shape index (κ2) is 3.13. The van der Waals surface area contributed by atoms with Crippen molar-refractivity contribution in [2.24, 2.45) is 0 Å². The second-order valence-electron chi connectivity index (χ2n) is 2.76. The maximum atomic E-state index is 5.81. The number of pyridine rings is 2. The number of hydrogen-bond acceptors (Lipinski definition) is 2. The van der Waals surface area contributed by atoms with E-state index in [0.717, 1.165) is 11.1 Å². The molecule has 2 aromatic heterocycles. The van der Waals surface area contributed by atoms with Crippen LogP contribution in [0.1, 0.15) is 5.69 Å². The van der Waals surface area contributed by atoms with Gasteiger partial charge in [0, 0.05) is 11.1 Å². The summed E-state index contributed by atoms with van der Waals surface area (Å²) < 4.78 is 0. The Hall–Kier alpha value is -0.860. The zero-order chi connectivity index (χ0) is 9.42. The molecule has 0 fully saturated rings. The molecule has 0 aliphatic heterocycles. The third-order valence-electron chi connectivity index (χ3n) is 1.73. The van der Waals surface area contributed by atoms with Gasteiger partial charge in [0.15, 0.2) is 5.65 Å². The third-order valence-corrected chi connectivity index (χ3v) is 2.40. The van der Waals surface area contributed by atoms with E-state index in [1.54, 1.807) is 6.07 Å². The first kappa shape index (κ1) is 8.73. The fraction of sp³-hybridized carbons (Fsp3) is 0.111. The highest BCUT2D eigenvalue weighted by Crippen LogP contribution is 2.23. The van der Waals surface area contributed by atoms with E-state index in [9.17, 15) is 0 Å². The lowest BCUT2D eigenvalue weighted by molar-refractivity contribution is 1.20. The predicted molar refractivity (Wildman–Crippen MR) is 54.3 cm³/mol. The smallest absolute Gasteiger partial charge is 0.161 e.